The summed E-state index contributed by atoms with van der Waals surface area (Å²) >= 11 is 0. The first-order valence-electron chi connectivity index (χ1n) is 9.44. The minimum absolute atomic E-state index is 0.362. The van der Waals surface area contributed by atoms with Gasteiger partial charge in [0.05, 0.1) is 0 Å². The molecule has 0 saturated heterocycles. The Morgan fingerprint density at radius 3 is 1.85 bits per heavy atom. The van der Waals surface area contributed by atoms with E-state index in [9.17, 15) is 0 Å². The Balaban J connectivity index is 1.36. The van der Waals surface area contributed by atoms with Crippen LogP contribution in [0.1, 0.15) is 39.0 Å². The van der Waals surface area contributed by atoms with Crippen molar-refractivity contribution in [3.05, 3.63) is 0 Å². The van der Waals surface area contributed by atoms with Gasteiger partial charge in [0.2, 0.25) is 0 Å². The summed E-state index contributed by atoms with van der Waals surface area (Å²) < 4.78 is 0. The molecule has 0 aromatic heterocycles. The summed E-state index contributed by atoms with van der Waals surface area (Å²) in [5.41, 5.74) is 10.6. The van der Waals surface area contributed by atoms with Gasteiger partial charge in [-0.3, -0.25) is 0 Å². The van der Waals surface area contributed by atoms with Crippen LogP contribution in [-0.4, -0.2) is 5.54 Å². The number of hydrogen-bond acceptors (Lipinski definition) is 1. The lowest BCUT2D eigenvalue weighted by molar-refractivity contribution is -0.746. The van der Waals surface area contributed by atoms with Crippen LogP contribution in [0.2, 0.25) is 0 Å². The van der Waals surface area contributed by atoms with Crippen LogP contribution in [0.4, 0.5) is 0 Å². The smallest absolute Gasteiger partial charge is 0.0228 e. The average molecular weight is 265 g/mol. The van der Waals surface area contributed by atoms with Crippen LogP contribution in [0.3, 0.4) is 0 Å². The zero-order valence-corrected chi connectivity index (χ0v) is 12.2. The normalized spacial score (nSPS) is 97.5. The minimum Gasteiger partial charge on any atom is -0.325 e. The van der Waals surface area contributed by atoms with Crippen LogP contribution >= 0.6 is 0 Å². The predicted molar refractivity (Wildman–Crippen MR) is 73.3 cm³/mol. The zero-order chi connectivity index (χ0) is 12.7. The van der Waals surface area contributed by atoms with Gasteiger partial charge in [-0.25, -0.2) is 0 Å². The third-order valence-corrected chi connectivity index (χ3v) is 12.6. The van der Waals surface area contributed by atoms with E-state index in [0.717, 1.165) is 33.5 Å². The summed E-state index contributed by atoms with van der Waals surface area (Å²) in [5, 5.41) is 0. The van der Waals surface area contributed by atoms with Crippen LogP contribution in [0, 0.1) is 69.0 Å². The second-order valence-electron chi connectivity index (χ2n) is 10.9. The van der Waals surface area contributed by atoms with E-state index in [2.05, 4.69) is 6.92 Å². The van der Waals surface area contributed by atoms with E-state index in [0.29, 0.717) is 5.54 Å². The fraction of sp³-hybridized carbons (Fsp3) is 1.00. The van der Waals surface area contributed by atoms with Crippen molar-refractivity contribution in [2.45, 2.75) is 44.6 Å². The molecule has 8 unspecified atom stereocenters. The molecule has 0 aliphatic heterocycles. The molecular formula is C19H23N. The summed E-state index contributed by atoms with van der Waals surface area (Å²) in [6, 6.07) is 0. The van der Waals surface area contributed by atoms with Gasteiger partial charge in [0.25, 0.3) is 0 Å². The third kappa shape index (κ3) is 0.336. The number of nitrogens with two attached hydrogens (primary N) is 1. The van der Waals surface area contributed by atoms with Gasteiger partial charge in [-0.05, 0) is 89.3 Å². The highest BCUT2D eigenvalue weighted by Gasteiger charge is 3.19. The molecule has 20 heavy (non-hydrogen) atoms. The second kappa shape index (κ2) is 1.76. The molecule has 3 spiro atoms. The Morgan fingerprint density at radius 2 is 1.30 bits per heavy atom. The highest BCUT2D eigenvalue weighted by atomic mass is 15.2. The number of fused-ring (bicyclic) bond motifs is 6. The molecule has 0 aromatic rings. The van der Waals surface area contributed by atoms with Gasteiger partial charge in [-0.2, -0.15) is 0 Å². The first-order valence-corrected chi connectivity index (χ1v) is 9.44. The van der Waals surface area contributed by atoms with Crippen molar-refractivity contribution in [3.8, 4) is 0 Å². The van der Waals surface area contributed by atoms with Crippen molar-refractivity contribution >= 4 is 0 Å². The van der Waals surface area contributed by atoms with Gasteiger partial charge in [0.1, 0.15) is 0 Å². The van der Waals surface area contributed by atoms with Crippen molar-refractivity contribution in [1.29, 1.82) is 0 Å². The second-order valence-corrected chi connectivity index (χ2v) is 10.9. The molecule has 0 bridgehead atoms. The Labute approximate surface area is 120 Å². The Morgan fingerprint density at radius 1 is 0.750 bits per heavy atom. The average Bonchev–Trinajstić information content (AvgIpc) is 2.35. The molecule has 0 amide bonds. The van der Waals surface area contributed by atoms with Crippen LogP contribution in [0.25, 0.3) is 0 Å². The molecule has 1 heteroatoms. The van der Waals surface area contributed by atoms with E-state index >= 15 is 0 Å². The van der Waals surface area contributed by atoms with Gasteiger partial charge in [-0.1, -0.05) is 13.3 Å². The first-order chi connectivity index (χ1) is 9.65. The first kappa shape index (κ1) is 9.18. The standard InChI is InChI=1S/C19H23N/c1-15-7-3-2-4-8(15)12-14-10-6-16(20)5-9-13-11(7)18(12,15)19(13,14)17(9,10)16/h7-14H,2-6,20H2,1H3. The van der Waals surface area contributed by atoms with Crippen molar-refractivity contribution in [2.24, 2.45) is 74.7 Å². The van der Waals surface area contributed by atoms with Gasteiger partial charge in [0.15, 0.2) is 0 Å². The summed E-state index contributed by atoms with van der Waals surface area (Å²) in [5.74, 6) is 9.42. The lowest BCUT2D eigenvalue weighted by Crippen LogP contribution is -3.20. The molecule has 9 fully saturated rings. The van der Waals surface area contributed by atoms with Crippen molar-refractivity contribution < 1.29 is 0 Å². The minimum atomic E-state index is 0.362. The van der Waals surface area contributed by atoms with Crippen molar-refractivity contribution in [2.75, 3.05) is 0 Å². The molecule has 1 nitrogen and oxygen atoms in total. The van der Waals surface area contributed by atoms with E-state index in [1.165, 1.54) is 48.3 Å². The Bertz CT molecular complexity index is 652. The maximum Gasteiger partial charge on any atom is 0.0228 e. The maximum atomic E-state index is 6.86. The van der Waals surface area contributed by atoms with E-state index in [4.69, 9.17) is 5.73 Å². The van der Waals surface area contributed by atoms with Crippen LogP contribution in [0.15, 0.2) is 0 Å². The molecule has 9 saturated carbocycles. The van der Waals surface area contributed by atoms with E-state index in [1.54, 1.807) is 19.3 Å². The van der Waals surface area contributed by atoms with E-state index in [-0.39, 0.29) is 0 Å². The summed E-state index contributed by atoms with van der Waals surface area (Å²) in [6.07, 6.45) is 7.64. The molecule has 0 radical (unpaired) electrons. The van der Waals surface area contributed by atoms with Gasteiger partial charge in [0, 0.05) is 11.0 Å². The Hall–Kier alpha value is -0.0400. The molecule has 0 aromatic carbocycles. The molecule has 9 aliphatic carbocycles. The largest absolute Gasteiger partial charge is 0.325 e. The van der Waals surface area contributed by atoms with Crippen LogP contribution < -0.4 is 5.73 Å². The molecule has 0 heterocycles. The quantitative estimate of drug-likeness (QED) is 0.716. The van der Waals surface area contributed by atoms with Crippen LogP contribution in [0.5, 0.6) is 0 Å². The third-order valence-electron chi connectivity index (χ3n) is 12.6. The predicted octanol–water partition coefficient (Wildman–Crippen LogP) is 2.65. The van der Waals surface area contributed by atoms with E-state index in [1.807, 2.05) is 0 Å². The van der Waals surface area contributed by atoms with E-state index < -0.39 is 0 Å². The highest BCUT2D eigenvalue weighted by Crippen LogP contribution is 3.21. The number of hydrogen-bond donors (Lipinski definition) is 1. The number of rotatable bonds is 0. The lowest BCUT2D eigenvalue weighted by Gasteiger charge is -3.21. The molecule has 9 rings (SSSR count). The molecule has 9 aliphatic rings. The summed E-state index contributed by atoms with van der Waals surface area (Å²) in [7, 11) is 0. The summed E-state index contributed by atoms with van der Waals surface area (Å²) in [6.45, 7) is 2.75. The SMILES string of the molecule is CC12C3CCCC1C1C4C5CC6(N)CC7C8C3C12C84C756. The maximum absolute atomic E-state index is 6.86. The van der Waals surface area contributed by atoms with Crippen molar-refractivity contribution in [3.63, 3.8) is 0 Å². The highest BCUT2D eigenvalue weighted by molar-refractivity contribution is 5.66. The fourth-order valence-electron chi connectivity index (χ4n) is 13.7. The Kier molecular flexibility index (Phi) is 0.807. The molecule has 104 valence electrons. The molecule has 8 atom stereocenters. The van der Waals surface area contributed by atoms with Gasteiger partial charge >= 0.3 is 0 Å². The zero-order valence-electron chi connectivity index (χ0n) is 12.2. The van der Waals surface area contributed by atoms with Crippen LogP contribution in [-0.2, 0) is 0 Å². The lowest BCUT2D eigenvalue weighted by atomic mass is 8.82. The molecule has 2 N–H and O–H groups in total. The van der Waals surface area contributed by atoms with Crippen molar-refractivity contribution in [1.82, 2.24) is 0 Å². The fourth-order valence-corrected chi connectivity index (χ4v) is 13.7. The van der Waals surface area contributed by atoms with Gasteiger partial charge < -0.3 is 5.73 Å². The molecular weight excluding hydrogens is 242 g/mol. The summed E-state index contributed by atoms with van der Waals surface area (Å²) in [4.78, 5) is 0. The topological polar surface area (TPSA) is 26.0 Å². The monoisotopic (exact) mass is 265 g/mol. The van der Waals surface area contributed by atoms with Gasteiger partial charge in [-0.15, -0.1) is 0 Å².